The van der Waals surface area contributed by atoms with Crippen molar-refractivity contribution in [2.45, 2.75) is 33.2 Å². The molecule has 0 saturated carbocycles. The lowest BCUT2D eigenvalue weighted by Gasteiger charge is -2.19. The average molecular weight is 376 g/mol. The van der Waals surface area contributed by atoms with E-state index in [-0.39, 0.29) is 5.91 Å². The van der Waals surface area contributed by atoms with Gasteiger partial charge in [-0.25, -0.2) is 14.6 Å². The predicted octanol–water partition coefficient (Wildman–Crippen LogP) is 2.81. The van der Waals surface area contributed by atoms with Gasteiger partial charge in [0.2, 0.25) is 0 Å². The van der Waals surface area contributed by atoms with Crippen LogP contribution in [-0.4, -0.2) is 38.7 Å². The molecule has 0 aromatic carbocycles. The van der Waals surface area contributed by atoms with Crippen molar-refractivity contribution in [3.8, 4) is 5.82 Å². The van der Waals surface area contributed by atoms with Gasteiger partial charge in [0.25, 0.3) is 5.91 Å². The van der Waals surface area contributed by atoms with Crippen molar-refractivity contribution in [2.24, 2.45) is 0 Å². The fourth-order valence-electron chi connectivity index (χ4n) is 3.54. The van der Waals surface area contributed by atoms with Gasteiger partial charge in [0.1, 0.15) is 5.82 Å². The van der Waals surface area contributed by atoms with E-state index in [0.29, 0.717) is 12.1 Å². The number of pyridine rings is 2. The van der Waals surface area contributed by atoms with Crippen LogP contribution in [0.5, 0.6) is 0 Å². The summed E-state index contributed by atoms with van der Waals surface area (Å²) < 4.78 is 1.82. The Morgan fingerprint density at radius 2 is 1.96 bits per heavy atom. The average Bonchev–Trinajstić information content (AvgIpc) is 3.36. The van der Waals surface area contributed by atoms with Crippen LogP contribution in [0.1, 0.15) is 40.2 Å². The third-order valence-corrected chi connectivity index (χ3v) is 4.93. The van der Waals surface area contributed by atoms with Crippen molar-refractivity contribution in [3.63, 3.8) is 0 Å². The van der Waals surface area contributed by atoms with Gasteiger partial charge in [-0.3, -0.25) is 4.79 Å². The number of anilines is 1. The maximum atomic E-state index is 12.7. The molecule has 0 spiro atoms. The third kappa shape index (κ3) is 3.74. The summed E-state index contributed by atoms with van der Waals surface area (Å²) in [6.45, 7) is 6.28. The summed E-state index contributed by atoms with van der Waals surface area (Å²) in [5, 5.41) is 7.43. The van der Waals surface area contributed by atoms with Crippen molar-refractivity contribution >= 4 is 11.7 Å². The number of nitrogens with zero attached hydrogens (tertiary/aromatic N) is 5. The number of nitrogens with one attached hydrogen (secondary N) is 1. The molecule has 1 amide bonds. The second-order valence-corrected chi connectivity index (χ2v) is 7.11. The monoisotopic (exact) mass is 376 g/mol. The van der Waals surface area contributed by atoms with Gasteiger partial charge in [0.05, 0.1) is 11.3 Å². The molecule has 0 aliphatic carbocycles. The number of carbonyl (C=O) groups is 1. The van der Waals surface area contributed by atoms with Gasteiger partial charge in [0, 0.05) is 37.7 Å². The van der Waals surface area contributed by atoms with Crippen molar-refractivity contribution in [1.82, 2.24) is 25.1 Å². The zero-order chi connectivity index (χ0) is 19.5. The summed E-state index contributed by atoms with van der Waals surface area (Å²) in [4.78, 5) is 23.8. The standard InChI is InChI=1S/C21H24N6O/c1-15-12-16(2)27(25-15)19-8-7-17(13-23-19)14-24-21(28)18-6-5-9-22-20(18)26-10-3-4-11-26/h5-9,12-13H,3-4,10-11,14H2,1-2H3,(H,24,28). The Kier molecular flexibility index (Phi) is 5.06. The number of aromatic nitrogens is 4. The molecule has 3 aromatic rings. The fourth-order valence-corrected chi connectivity index (χ4v) is 3.54. The van der Waals surface area contributed by atoms with Crippen LogP contribution < -0.4 is 10.2 Å². The van der Waals surface area contributed by atoms with Crippen molar-refractivity contribution in [3.05, 3.63) is 65.2 Å². The highest BCUT2D eigenvalue weighted by Gasteiger charge is 2.20. The molecule has 144 valence electrons. The van der Waals surface area contributed by atoms with Crippen molar-refractivity contribution in [1.29, 1.82) is 0 Å². The molecule has 4 rings (SSSR count). The van der Waals surface area contributed by atoms with Gasteiger partial charge in [-0.15, -0.1) is 0 Å². The van der Waals surface area contributed by atoms with Crippen LogP contribution in [-0.2, 0) is 6.54 Å². The molecule has 0 unspecified atom stereocenters. The largest absolute Gasteiger partial charge is 0.356 e. The lowest BCUT2D eigenvalue weighted by molar-refractivity contribution is 0.0951. The van der Waals surface area contributed by atoms with Crippen LogP contribution >= 0.6 is 0 Å². The van der Waals surface area contributed by atoms with E-state index in [1.165, 1.54) is 0 Å². The Labute approximate surface area is 164 Å². The highest BCUT2D eigenvalue weighted by atomic mass is 16.1. The second-order valence-electron chi connectivity index (χ2n) is 7.11. The number of hydrogen-bond donors (Lipinski definition) is 1. The number of rotatable bonds is 5. The molecule has 1 aliphatic rings. The topological polar surface area (TPSA) is 75.9 Å². The van der Waals surface area contributed by atoms with Crippen LogP contribution in [0.2, 0.25) is 0 Å². The summed E-state index contributed by atoms with van der Waals surface area (Å²) in [7, 11) is 0. The minimum atomic E-state index is -0.113. The zero-order valence-corrected chi connectivity index (χ0v) is 16.2. The van der Waals surface area contributed by atoms with Crippen LogP contribution in [0, 0.1) is 13.8 Å². The Balaban J connectivity index is 1.43. The molecule has 0 bridgehead atoms. The van der Waals surface area contributed by atoms with E-state index in [1.807, 2.05) is 42.8 Å². The summed E-state index contributed by atoms with van der Waals surface area (Å²) in [5.74, 6) is 1.43. The molecule has 3 aromatic heterocycles. The second kappa shape index (κ2) is 7.80. The molecule has 1 aliphatic heterocycles. The van der Waals surface area contributed by atoms with Crippen LogP contribution in [0.3, 0.4) is 0 Å². The number of aryl methyl sites for hydroxylation is 2. The van der Waals surface area contributed by atoms with Gasteiger partial charge in [-0.05, 0) is 56.5 Å². The molecular formula is C21H24N6O. The molecule has 7 heteroatoms. The summed E-state index contributed by atoms with van der Waals surface area (Å²) >= 11 is 0. The first-order valence-corrected chi connectivity index (χ1v) is 9.58. The Hall–Kier alpha value is -3.22. The highest BCUT2D eigenvalue weighted by Crippen LogP contribution is 2.22. The molecule has 1 saturated heterocycles. The Morgan fingerprint density at radius 1 is 1.14 bits per heavy atom. The highest BCUT2D eigenvalue weighted by molar-refractivity contribution is 5.98. The quantitative estimate of drug-likeness (QED) is 0.741. The molecular weight excluding hydrogens is 352 g/mol. The SMILES string of the molecule is Cc1cc(C)n(-c2ccc(CNC(=O)c3cccnc3N3CCCC3)cn2)n1. The minimum absolute atomic E-state index is 0.113. The van der Waals surface area contributed by atoms with Gasteiger partial charge in [0.15, 0.2) is 5.82 Å². The Bertz CT molecular complexity index is 973. The van der Waals surface area contributed by atoms with E-state index in [1.54, 1.807) is 18.5 Å². The van der Waals surface area contributed by atoms with Crippen molar-refractivity contribution < 1.29 is 4.79 Å². The lowest BCUT2D eigenvalue weighted by Crippen LogP contribution is -2.28. The molecule has 4 heterocycles. The van der Waals surface area contributed by atoms with Crippen LogP contribution in [0.15, 0.2) is 42.7 Å². The summed E-state index contributed by atoms with van der Waals surface area (Å²) in [6, 6.07) is 9.53. The van der Waals surface area contributed by atoms with Crippen LogP contribution in [0.4, 0.5) is 5.82 Å². The van der Waals surface area contributed by atoms with E-state index in [4.69, 9.17) is 0 Å². The van der Waals surface area contributed by atoms with Crippen molar-refractivity contribution in [2.75, 3.05) is 18.0 Å². The molecule has 28 heavy (non-hydrogen) atoms. The first-order valence-electron chi connectivity index (χ1n) is 9.58. The maximum Gasteiger partial charge on any atom is 0.255 e. The summed E-state index contributed by atoms with van der Waals surface area (Å²) in [6.07, 6.45) is 5.80. The normalized spacial score (nSPS) is 13.7. The third-order valence-electron chi connectivity index (χ3n) is 4.93. The summed E-state index contributed by atoms with van der Waals surface area (Å²) in [5.41, 5.74) is 3.56. The molecule has 0 atom stereocenters. The lowest BCUT2D eigenvalue weighted by atomic mass is 10.2. The van der Waals surface area contributed by atoms with E-state index in [2.05, 4.69) is 25.3 Å². The molecule has 1 N–H and O–H groups in total. The molecule has 1 fully saturated rings. The molecule has 0 radical (unpaired) electrons. The smallest absolute Gasteiger partial charge is 0.255 e. The number of carbonyl (C=O) groups excluding carboxylic acids is 1. The first-order chi connectivity index (χ1) is 13.6. The minimum Gasteiger partial charge on any atom is -0.356 e. The fraction of sp³-hybridized carbons (Fsp3) is 0.333. The van der Waals surface area contributed by atoms with Crippen LogP contribution in [0.25, 0.3) is 5.82 Å². The van der Waals surface area contributed by atoms with E-state index in [9.17, 15) is 4.79 Å². The van der Waals surface area contributed by atoms with E-state index >= 15 is 0 Å². The zero-order valence-electron chi connectivity index (χ0n) is 16.2. The van der Waals surface area contributed by atoms with E-state index < -0.39 is 0 Å². The maximum absolute atomic E-state index is 12.7. The van der Waals surface area contributed by atoms with Gasteiger partial charge < -0.3 is 10.2 Å². The van der Waals surface area contributed by atoms with Gasteiger partial charge in [-0.2, -0.15) is 5.10 Å². The van der Waals surface area contributed by atoms with E-state index in [0.717, 1.165) is 54.5 Å². The Morgan fingerprint density at radius 3 is 2.64 bits per heavy atom. The number of hydrogen-bond acceptors (Lipinski definition) is 5. The first kappa shape index (κ1) is 18.2. The van der Waals surface area contributed by atoms with Gasteiger partial charge >= 0.3 is 0 Å². The van der Waals surface area contributed by atoms with Gasteiger partial charge in [-0.1, -0.05) is 6.07 Å². The predicted molar refractivity (Wildman–Crippen MR) is 108 cm³/mol. The number of amides is 1. The molecule has 7 nitrogen and oxygen atoms in total.